The average molecular weight is 247 g/mol. The van der Waals surface area contributed by atoms with Crippen molar-refractivity contribution in [3.63, 3.8) is 0 Å². The highest BCUT2D eigenvalue weighted by Crippen LogP contribution is 2.07. The van der Waals surface area contributed by atoms with Crippen LogP contribution in [0, 0.1) is 0 Å². The standard InChI is InChI=1S/C14H21N3O/c1-2-3-4-12-5-6-13(16-11-12)14(18)17-9-7-15-8-10-17/h5-6,11,15H,2-4,7-10H2,1H3. The number of hydrogen-bond acceptors (Lipinski definition) is 3. The van der Waals surface area contributed by atoms with Gasteiger partial charge in [-0.05, 0) is 24.5 Å². The van der Waals surface area contributed by atoms with Crippen molar-refractivity contribution in [2.45, 2.75) is 26.2 Å². The summed E-state index contributed by atoms with van der Waals surface area (Å²) in [5, 5.41) is 3.24. The number of piperazine rings is 1. The lowest BCUT2D eigenvalue weighted by atomic mass is 10.1. The fourth-order valence-corrected chi connectivity index (χ4v) is 2.11. The fourth-order valence-electron chi connectivity index (χ4n) is 2.11. The van der Waals surface area contributed by atoms with Gasteiger partial charge < -0.3 is 10.2 Å². The summed E-state index contributed by atoms with van der Waals surface area (Å²) in [7, 11) is 0. The third-order valence-electron chi connectivity index (χ3n) is 3.27. The van der Waals surface area contributed by atoms with Gasteiger partial charge in [0.25, 0.3) is 5.91 Å². The van der Waals surface area contributed by atoms with Crippen LogP contribution >= 0.6 is 0 Å². The van der Waals surface area contributed by atoms with E-state index in [0.717, 1.165) is 32.6 Å². The van der Waals surface area contributed by atoms with E-state index in [1.54, 1.807) is 0 Å². The fraction of sp³-hybridized carbons (Fsp3) is 0.571. The number of carbonyl (C=O) groups is 1. The zero-order valence-corrected chi connectivity index (χ0v) is 11.0. The summed E-state index contributed by atoms with van der Waals surface area (Å²) in [6.45, 7) is 5.48. The molecule has 98 valence electrons. The van der Waals surface area contributed by atoms with Crippen LogP contribution in [0.1, 0.15) is 35.8 Å². The molecule has 2 heterocycles. The second-order valence-corrected chi connectivity index (χ2v) is 4.70. The molecular weight excluding hydrogens is 226 g/mol. The van der Waals surface area contributed by atoms with Crippen molar-refractivity contribution >= 4 is 5.91 Å². The van der Waals surface area contributed by atoms with E-state index in [1.165, 1.54) is 18.4 Å². The molecule has 0 spiro atoms. The van der Waals surface area contributed by atoms with E-state index in [1.807, 2.05) is 23.2 Å². The van der Waals surface area contributed by atoms with E-state index in [2.05, 4.69) is 17.2 Å². The number of hydrogen-bond donors (Lipinski definition) is 1. The number of amides is 1. The van der Waals surface area contributed by atoms with Crippen molar-refractivity contribution in [3.8, 4) is 0 Å². The highest BCUT2D eigenvalue weighted by molar-refractivity contribution is 5.92. The van der Waals surface area contributed by atoms with Crippen molar-refractivity contribution in [3.05, 3.63) is 29.6 Å². The number of carbonyl (C=O) groups excluding carboxylic acids is 1. The lowest BCUT2D eigenvalue weighted by molar-refractivity contribution is 0.0730. The van der Waals surface area contributed by atoms with Crippen LogP contribution in [0.25, 0.3) is 0 Å². The van der Waals surface area contributed by atoms with Gasteiger partial charge in [-0.3, -0.25) is 9.78 Å². The molecule has 0 radical (unpaired) electrons. The zero-order valence-electron chi connectivity index (χ0n) is 11.0. The van der Waals surface area contributed by atoms with Crippen LogP contribution in [0.5, 0.6) is 0 Å². The number of aryl methyl sites for hydroxylation is 1. The van der Waals surface area contributed by atoms with E-state index in [0.29, 0.717) is 5.69 Å². The van der Waals surface area contributed by atoms with Gasteiger partial charge in [0.1, 0.15) is 5.69 Å². The molecule has 0 atom stereocenters. The van der Waals surface area contributed by atoms with Gasteiger partial charge in [0.15, 0.2) is 0 Å². The normalized spacial score (nSPS) is 15.7. The number of rotatable bonds is 4. The molecular formula is C14H21N3O. The Balaban J connectivity index is 1.97. The lowest BCUT2D eigenvalue weighted by Gasteiger charge is -2.27. The van der Waals surface area contributed by atoms with Crippen LogP contribution in [0.4, 0.5) is 0 Å². The molecule has 0 bridgehead atoms. The Labute approximate surface area is 108 Å². The smallest absolute Gasteiger partial charge is 0.272 e. The molecule has 0 saturated carbocycles. The Kier molecular flexibility index (Phi) is 4.70. The quantitative estimate of drug-likeness (QED) is 0.876. The Bertz CT molecular complexity index is 383. The topological polar surface area (TPSA) is 45.2 Å². The van der Waals surface area contributed by atoms with Crippen LogP contribution in [0.15, 0.2) is 18.3 Å². The van der Waals surface area contributed by atoms with E-state index < -0.39 is 0 Å². The highest BCUT2D eigenvalue weighted by atomic mass is 16.2. The molecule has 1 aliphatic heterocycles. The Hall–Kier alpha value is -1.42. The molecule has 1 fully saturated rings. The molecule has 1 saturated heterocycles. The number of nitrogens with one attached hydrogen (secondary N) is 1. The Morgan fingerprint density at radius 3 is 2.78 bits per heavy atom. The Morgan fingerprint density at radius 1 is 1.39 bits per heavy atom. The van der Waals surface area contributed by atoms with Crippen molar-refractivity contribution in [1.29, 1.82) is 0 Å². The molecule has 2 rings (SSSR count). The first kappa shape index (κ1) is 13.0. The third-order valence-corrected chi connectivity index (χ3v) is 3.27. The van der Waals surface area contributed by atoms with Gasteiger partial charge >= 0.3 is 0 Å². The molecule has 0 aliphatic carbocycles. The van der Waals surface area contributed by atoms with Crippen molar-refractivity contribution in [2.24, 2.45) is 0 Å². The maximum absolute atomic E-state index is 12.2. The van der Waals surface area contributed by atoms with Crippen molar-refractivity contribution in [2.75, 3.05) is 26.2 Å². The number of unbranched alkanes of at least 4 members (excludes halogenated alkanes) is 1. The second kappa shape index (κ2) is 6.50. The molecule has 0 aromatic carbocycles. The first-order valence-electron chi connectivity index (χ1n) is 6.76. The van der Waals surface area contributed by atoms with E-state index in [-0.39, 0.29) is 5.91 Å². The van der Waals surface area contributed by atoms with Gasteiger partial charge in [-0.25, -0.2) is 0 Å². The van der Waals surface area contributed by atoms with Gasteiger partial charge in [0.2, 0.25) is 0 Å². The summed E-state index contributed by atoms with van der Waals surface area (Å²) in [5.41, 5.74) is 1.78. The number of pyridine rings is 1. The van der Waals surface area contributed by atoms with Gasteiger partial charge in [-0.2, -0.15) is 0 Å². The van der Waals surface area contributed by atoms with Crippen LogP contribution in [0.3, 0.4) is 0 Å². The molecule has 1 aromatic heterocycles. The first-order valence-corrected chi connectivity index (χ1v) is 6.76. The largest absolute Gasteiger partial charge is 0.335 e. The first-order chi connectivity index (χ1) is 8.81. The highest BCUT2D eigenvalue weighted by Gasteiger charge is 2.18. The SMILES string of the molecule is CCCCc1ccc(C(=O)N2CCNCC2)nc1. The maximum Gasteiger partial charge on any atom is 0.272 e. The summed E-state index contributed by atoms with van der Waals surface area (Å²) in [5.74, 6) is 0.0542. The van der Waals surface area contributed by atoms with Crippen LogP contribution in [-0.2, 0) is 6.42 Å². The van der Waals surface area contributed by atoms with Crippen molar-refractivity contribution in [1.82, 2.24) is 15.2 Å². The molecule has 4 nitrogen and oxygen atoms in total. The van der Waals surface area contributed by atoms with Gasteiger partial charge in [-0.15, -0.1) is 0 Å². The molecule has 1 amide bonds. The van der Waals surface area contributed by atoms with Gasteiger partial charge in [0, 0.05) is 32.4 Å². The van der Waals surface area contributed by atoms with E-state index in [4.69, 9.17) is 0 Å². The summed E-state index contributed by atoms with van der Waals surface area (Å²) in [6.07, 6.45) is 5.24. The number of nitrogens with zero attached hydrogens (tertiary/aromatic N) is 2. The molecule has 0 unspecified atom stereocenters. The van der Waals surface area contributed by atoms with Crippen molar-refractivity contribution < 1.29 is 4.79 Å². The second-order valence-electron chi connectivity index (χ2n) is 4.70. The summed E-state index contributed by atoms with van der Waals surface area (Å²) >= 11 is 0. The maximum atomic E-state index is 12.2. The zero-order chi connectivity index (χ0) is 12.8. The Morgan fingerprint density at radius 2 is 2.17 bits per heavy atom. The number of aromatic nitrogens is 1. The minimum absolute atomic E-state index is 0.0542. The molecule has 1 aromatic rings. The lowest BCUT2D eigenvalue weighted by Crippen LogP contribution is -2.46. The summed E-state index contributed by atoms with van der Waals surface area (Å²) < 4.78 is 0. The van der Waals surface area contributed by atoms with Crippen LogP contribution < -0.4 is 5.32 Å². The van der Waals surface area contributed by atoms with Crippen LogP contribution in [-0.4, -0.2) is 42.0 Å². The third kappa shape index (κ3) is 3.29. The van der Waals surface area contributed by atoms with Crippen LogP contribution in [0.2, 0.25) is 0 Å². The molecule has 18 heavy (non-hydrogen) atoms. The minimum Gasteiger partial charge on any atom is -0.335 e. The van der Waals surface area contributed by atoms with Gasteiger partial charge in [0.05, 0.1) is 0 Å². The monoisotopic (exact) mass is 247 g/mol. The van der Waals surface area contributed by atoms with Gasteiger partial charge in [-0.1, -0.05) is 19.4 Å². The molecule has 1 N–H and O–H groups in total. The van der Waals surface area contributed by atoms with E-state index in [9.17, 15) is 4.79 Å². The predicted molar refractivity (Wildman–Crippen MR) is 71.6 cm³/mol. The minimum atomic E-state index is 0.0542. The van der Waals surface area contributed by atoms with E-state index >= 15 is 0 Å². The summed E-state index contributed by atoms with van der Waals surface area (Å²) in [4.78, 5) is 18.3. The summed E-state index contributed by atoms with van der Waals surface area (Å²) in [6, 6.07) is 3.88. The molecule has 4 heteroatoms. The predicted octanol–water partition coefficient (Wildman–Crippen LogP) is 1.47. The average Bonchev–Trinajstić information content (AvgIpc) is 2.46. The molecule has 1 aliphatic rings.